The number of nitrogens with zero attached hydrogens (tertiary/aromatic N) is 3. The molecule has 2 N–H and O–H groups in total. The van der Waals surface area contributed by atoms with Crippen LogP contribution in [0.3, 0.4) is 0 Å². The van der Waals surface area contributed by atoms with Crippen molar-refractivity contribution in [1.82, 2.24) is 19.9 Å². The van der Waals surface area contributed by atoms with Crippen LogP contribution < -0.4 is 10.0 Å². The van der Waals surface area contributed by atoms with Crippen LogP contribution in [-0.4, -0.2) is 70.1 Å². The summed E-state index contributed by atoms with van der Waals surface area (Å²) in [6.45, 7) is 6.29. The Kier molecular flexibility index (Phi) is 10.1. The minimum absolute atomic E-state index is 0. The number of rotatable bonds is 7. The van der Waals surface area contributed by atoms with Gasteiger partial charge >= 0.3 is 5.97 Å². The number of carbonyl (C=O) groups excluding carboxylic acids is 1. The summed E-state index contributed by atoms with van der Waals surface area (Å²) < 4.78 is 31.7. The van der Waals surface area contributed by atoms with E-state index in [0.717, 1.165) is 0 Å². The second kappa shape index (κ2) is 11.5. The number of carbonyl (C=O) groups is 1. The normalized spacial score (nSPS) is 19.8. The maximum atomic E-state index is 12.2. The summed E-state index contributed by atoms with van der Waals surface area (Å²) in [6, 6.07) is 3.06. The van der Waals surface area contributed by atoms with Crippen molar-refractivity contribution in [2.45, 2.75) is 18.7 Å². The van der Waals surface area contributed by atoms with E-state index in [2.05, 4.69) is 20.0 Å². The Morgan fingerprint density at radius 3 is 2.79 bits per heavy atom. The fraction of sp³-hybridized carbons (Fsp3) is 0.588. The Labute approximate surface area is 183 Å². The predicted molar refractivity (Wildman–Crippen MR) is 117 cm³/mol. The number of likely N-dealkylation sites (tertiary alicyclic amines) is 1. The van der Waals surface area contributed by atoms with Gasteiger partial charge in [0.2, 0.25) is 10.0 Å². The highest BCUT2D eigenvalue weighted by Gasteiger charge is 2.36. The fourth-order valence-electron chi connectivity index (χ4n) is 2.95. The molecule has 28 heavy (non-hydrogen) atoms. The number of pyridine rings is 1. The van der Waals surface area contributed by atoms with Crippen molar-refractivity contribution in [2.24, 2.45) is 16.8 Å². The Hall–Kier alpha value is -1.47. The van der Waals surface area contributed by atoms with Crippen molar-refractivity contribution < 1.29 is 17.9 Å². The van der Waals surface area contributed by atoms with Crippen molar-refractivity contribution in [3.63, 3.8) is 0 Å². The van der Waals surface area contributed by atoms with Crippen molar-refractivity contribution in [3.8, 4) is 0 Å². The molecule has 2 atom stereocenters. The number of hydrogen-bond acceptors (Lipinski definition) is 6. The quantitative estimate of drug-likeness (QED) is 0.177. The van der Waals surface area contributed by atoms with E-state index in [1.165, 1.54) is 25.6 Å². The SMILES string of the molecule is CCNC(=NCCNS(=O)(=O)c1cccnc1)N1CC(C)C(C(=O)OC)C1.I. The lowest BCUT2D eigenvalue weighted by Gasteiger charge is -2.21. The lowest BCUT2D eigenvalue weighted by Crippen LogP contribution is -2.41. The average molecular weight is 525 g/mol. The number of aliphatic imine (C=N–C) groups is 1. The molecular weight excluding hydrogens is 497 g/mol. The zero-order valence-electron chi connectivity index (χ0n) is 16.3. The largest absolute Gasteiger partial charge is 0.469 e. The van der Waals surface area contributed by atoms with Gasteiger partial charge in [0.15, 0.2) is 5.96 Å². The highest BCUT2D eigenvalue weighted by atomic mass is 127. The van der Waals surface area contributed by atoms with E-state index in [4.69, 9.17) is 4.74 Å². The molecule has 1 saturated heterocycles. The van der Waals surface area contributed by atoms with Crippen LogP contribution in [0, 0.1) is 11.8 Å². The standard InChI is InChI=1S/C17H27N5O4S.HI/c1-4-19-17(22-11-13(2)15(12-22)16(23)26-3)20-8-9-21-27(24,25)14-6-5-7-18-10-14;/h5-7,10,13,15,21H,4,8-9,11-12H2,1-3H3,(H,19,20);1H. The van der Waals surface area contributed by atoms with E-state index >= 15 is 0 Å². The van der Waals surface area contributed by atoms with E-state index < -0.39 is 10.0 Å². The van der Waals surface area contributed by atoms with Gasteiger partial charge in [-0.15, -0.1) is 24.0 Å². The van der Waals surface area contributed by atoms with E-state index in [0.29, 0.717) is 25.6 Å². The molecule has 0 aromatic carbocycles. The van der Waals surface area contributed by atoms with Crippen molar-refractivity contribution in [2.75, 3.05) is 39.8 Å². The third-order valence-corrected chi connectivity index (χ3v) is 5.81. The summed E-state index contributed by atoms with van der Waals surface area (Å²) in [5.74, 6) is 0.412. The first kappa shape index (κ1) is 24.6. The van der Waals surface area contributed by atoms with Gasteiger partial charge in [0.1, 0.15) is 4.90 Å². The molecule has 0 spiro atoms. The first-order chi connectivity index (χ1) is 12.9. The lowest BCUT2D eigenvalue weighted by molar-refractivity contribution is -0.145. The number of methoxy groups -OCH3 is 1. The van der Waals surface area contributed by atoms with Gasteiger partial charge < -0.3 is 15.0 Å². The van der Waals surface area contributed by atoms with Crippen LogP contribution in [0.2, 0.25) is 0 Å². The molecule has 1 aromatic rings. The molecule has 0 amide bonds. The van der Waals surface area contributed by atoms with Crippen molar-refractivity contribution in [3.05, 3.63) is 24.5 Å². The van der Waals surface area contributed by atoms with Crippen molar-refractivity contribution >= 4 is 45.9 Å². The number of esters is 1. The molecule has 0 saturated carbocycles. The number of aromatic nitrogens is 1. The number of sulfonamides is 1. The molecule has 1 fully saturated rings. The number of guanidine groups is 1. The summed E-state index contributed by atoms with van der Waals surface area (Å²) in [7, 11) is -2.20. The van der Waals surface area contributed by atoms with Gasteiger partial charge in [0.05, 0.1) is 19.6 Å². The van der Waals surface area contributed by atoms with Gasteiger partial charge in [0.25, 0.3) is 0 Å². The van der Waals surface area contributed by atoms with Crippen LogP contribution >= 0.6 is 24.0 Å². The molecule has 2 heterocycles. The molecule has 11 heteroatoms. The summed E-state index contributed by atoms with van der Waals surface area (Å²) in [6.07, 6.45) is 2.82. The zero-order valence-corrected chi connectivity index (χ0v) is 19.4. The topological polar surface area (TPSA) is 113 Å². The summed E-state index contributed by atoms with van der Waals surface area (Å²) in [4.78, 5) is 22.3. The second-order valence-electron chi connectivity index (χ2n) is 6.33. The molecule has 2 rings (SSSR count). The van der Waals surface area contributed by atoms with Crippen LogP contribution in [0.25, 0.3) is 0 Å². The van der Waals surface area contributed by atoms with Gasteiger partial charge in [-0.25, -0.2) is 13.1 Å². The lowest BCUT2D eigenvalue weighted by atomic mass is 9.99. The van der Waals surface area contributed by atoms with Gasteiger partial charge in [-0.05, 0) is 25.0 Å². The monoisotopic (exact) mass is 525 g/mol. The molecule has 9 nitrogen and oxygen atoms in total. The summed E-state index contributed by atoms with van der Waals surface area (Å²) in [5, 5.41) is 3.19. The van der Waals surface area contributed by atoms with Crippen LogP contribution in [0.15, 0.2) is 34.4 Å². The Balaban J connectivity index is 0.00000392. The van der Waals surface area contributed by atoms with Crippen LogP contribution in [0.4, 0.5) is 0 Å². The van der Waals surface area contributed by atoms with Gasteiger partial charge in [-0.1, -0.05) is 6.92 Å². The highest BCUT2D eigenvalue weighted by Crippen LogP contribution is 2.24. The molecule has 0 aliphatic carbocycles. The number of ether oxygens (including phenoxy) is 1. The molecule has 0 bridgehead atoms. The van der Waals surface area contributed by atoms with Crippen LogP contribution in [0.1, 0.15) is 13.8 Å². The minimum Gasteiger partial charge on any atom is -0.469 e. The maximum Gasteiger partial charge on any atom is 0.310 e. The summed E-state index contributed by atoms with van der Waals surface area (Å²) in [5.41, 5.74) is 0. The minimum atomic E-state index is -3.60. The highest BCUT2D eigenvalue weighted by molar-refractivity contribution is 14.0. The molecule has 1 aromatic heterocycles. The van der Waals surface area contributed by atoms with Gasteiger partial charge in [-0.2, -0.15) is 0 Å². The predicted octanol–water partition coefficient (Wildman–Crippen LogP) is 0.684. The zero-order chi connectivity index (χ0) is 19.9. The molecule has 158 valence electrons. The molecule has 2 unspecified atom stereocenters. The Morgan fingerprint density at radius 1 is 1.43 bits per heavy atom. The molecule has 1 aliphatic rings. The fourth-order valence-corrected chi connectivity index (χ4v) is 3.94. The number of nitrogens with one attached hydrogen (secondary N) is 2. The van der Waals surface area contributed by atoms with E-state index in [1.54, 1.807) is 6.07 Å². The van der Waals surface area contributed by atoms with E-state index in [1.807, 2.05) is 18.7 Å². The number of halogens is 1. The first-order valence-electron chi connectivity index (χ1n) is 8.89. The molecule has 0 radical (unpaired) electrons. The third-order valence-electron chi connectivity index (χ3n) is 4.36. The van der Waals surface area contributed by atoms with Crippen LogP contribution in [0.5, 0.6) is 0 Å². The third kappa shape index (κ3) is 6.55. The average Bonchev–Trinajstić information content (AvgIpc) is 3.06. The van der Waals surface area contributed by atoms with E-state index in [-0.39, 0.29) is 59.8 Å². The molecular formula is C17H28IN5O4S. The van der Waals surface area contributed by atoms with Crippen molar-refractivity contribution in [1.29, 1.82) is 0 Å². The second-order valence-corrected chi connectivity index (χ2v) is 8.10. The van der Waals surface area contributed by atoms with E-state index in [9.17, 15) is 13.2 Å². The number of hydrogen-bond donors (Lipinski definition) is 2. The van der Waals surface area contributed by atoms with Gasteiger partial charge in [-0.3, -0.25) is 14.8 Å². The first-order valence-corrected chi connectivity index (χ1v) is 10.4. The maximum absolute atomic E-state index is 12.2. The smallest absolute Gasteiger partial charge is 0.310 e. The Bertz CT molecular complexity index is 760. The van der Waals surface area contributed by atoms with Gasteiger partial charge in [0, 0.05) is 38.6 Å². The van der Waals surface area contributed by atoms with Crippen LogP contribution in [-0.2, 0) is 19.6 Å². The Morgan fingerprint density at radius 2 is 2.18 bits per heavy atom. The summed E-state index contributed by atoms with van der Waals surface area (Å²) >= 11 is 0. The molecule has 1 aliphatic heterocycles.